The summed E-state index contributed by atoms with van der Waals surface area (Å²) in [5, 5.41) is 3.17. The number of pyridine rings is 1. The molecule has 3 aliphatic rings. The normalized spacial score (nSPS) is 26.6. The summed E-state index contributed by atoms with van der Waals surface area (Å²) in [6, 6.07) is 9.46. The van der Waals surface area contributed by atoms with Gasteiger partial charge in [-0.1, -0.05) is 12.5 Å². The van der Waals surface area contributed by atoms with Crippen LogP contribution in [0.15, 0.2) is 45.8 Å². The Labute approximate surface area is 187 Å². The maximum atomic E-state index is 12.9. The second kappa shape index (κ2) is 8.96. The molecule has 2 fully saturated rings. The van der Waals surface area contributed by atoms with Crippen LogP contribution < -0.4 is 10.9 Å². The number of aromatic nitrogens is 1. The first-order valence-corrected chi connectivity index (χ1v) is 11.9. The lowest BCUT2D eigenvalue weighted by Gasteiger charge is -2.42. The number of carbonyl (C=O) groups excluding carboxylic acids is 2. The Kier molecular flexibility index (Phi) is 5.89. The summed E-state index contributed by atoms with van der Waals surface area (Å²) in [4.78, 5) is 39.6. The molecule has 0 unspecified atom stereocenters. The van der Waals surface area contributed by atoms with Gasteiger partial charge >= 0.3 is 0 Å². The van der Waals surface area contributed by atoms with Gasteiger partial charge in [0.15, 0.2) is 0 Å². The highest BCUT2D eigenvalue weighted by Crippen LogP contribution is 2.35. The van der Waals surface area contributed by atoms with Crippen molar-refractivity contribution in [2.24, 2.45) is 11.8 Å². The van der Waals surface area contributed by atoms with E-state index in [1.54, 1.807) is 12.3 Å². The van der Waals surface area contributed by atoms with Crippen molar-refractivity contribution in [3.8, 4) is 0 Å². The number of rotatable bonds is 6. The van der Waals surface area contributed by atoms with E-state index in [4.69, 9.17) is 4.42 Å². The van der Waals surface area contributed by atoms with Gasteiger partial charge in [0.2, 0.25) is 11.8 Å². The van der Waals surface area contributed by atoms with Crippen molar-refractivity contribution in [2.75, 3.05) is 13.1 Å². The number of nitrogens with zero attached hydrogens (tertiary/aromatic N) is 2. The lowest BCUT2D eigenvalue weighted by molar-refractivity contribution is -0.136. The van der Waals surface area contributed by atoms with E-state index in [1.165, 1.54) is 0 Å². The first kappa shape index (κ1) is 21.0. The van der Waals surface area contributed by atoms with Gasteiger partial charge in [-0.3, -0.25) is 14.4 Å². The molecule has 170 valence electrons. The minimum Gasteiger partial charge on any atom is -0.469 e. The van der Waals surface area contributed by atoms with Gasteiger partial charge in [-0.15, -0.1) is 0 Å². The largest absolute Gasteiger partial charge is 0.469 e. The third kappa shape index (κ3) is 4.38. The third-order valence-corrected chi connectivity index (χ3v) is 7.45. The van der Waals surface area contributed by atoms with E-state index in [9.17, 15) is 14.4 Å². The van der Waals surface area contributed by atoms with Gasteiger partial charge < -0.3 is 19.2 Å². The summed E-state index contributed by atoms with van der Waals surface area (Å²) >= 11 is 0. The molecule has 0 radical (unpaired) electrons. The van der Waals surface area contributed by atoms with E-state index < -0.39 is 0 Å². The molecular weight excluding hydrogens is 406 g/mol. The third-order valence-electron chi connectivity index (χ3n) is 7.45. The van der Waals surface area contributed by atoms with Crippen molar-refractivity contribution < 1.29 is 14.0 Å². The molecule has 2 aliphatic heterocycles. The second-order valence-electron chi connectivity index (χ2n) is 9.65. The summed E-state index contributed by atoms with van der Waals surface area (Å²) in [6.45, 7) is 1.98. The van der Waals surface area contributed by atoms with Gasteiger partial charge in [-0.2, -0.15) is 0 Å². The van der Waals surface area contributed by atoms with Crippen molar-refractivity contribution in [1.29, 1.82) is 0 Å². The standard InChI is InChI=1S/C25H31N3O4/c29-23(26-21-6-1-4-18(21)13-20-5-3-11-32-20)9-10-24(30)27-14-17-12-19(16-27)22-7-2-8-25(31)28(22)15-17/h2-3,5,7-8,11,17-19,21H,1,4,6,9-10,12-16H2,(H,26,29)/t17-,18+,19-,21+/m0/s1. The van der Waals surface area contributed by atoms with Crippen LogP contribution >= 0.6 is 0 Å². The number of furan rings is 1. The Bertz CT molecular complexity index is 1030. The quantitative estimate of drug-likeness (QED) is 0.753. The number of fused-ring (bicyclic) bond motifs is 4. The summed E-state index contributed by atoms with van der Waals surface area (Å²) < 4.78 is 7.34. The van der Waals surface area contributed by atoms with E-state index in [1.807, 2.05) is 33.7 Å². The number of piperidine rings is 1. The lowest BCUT2D eigenvalue weighted by atomic mass is 9.83. The summed E-state index contributed by atoms with van der Waals surface area (Å²) in [6.07, 6.45) is 7.20. The number of carbonyl (C=O) groups is 2. The van der Waals surface area contributed by atoms with Crippen molar-refractivity contribution >= 4 is 11.8 Å². The van der Waals surface area contributed by atoms with E-state index in [0.29, 0.717) is 31.5 Å². The highest BCUT2D eigenvalue weighted by Gasteiger charge is 2.36. The number of hydrogen-bond acceptors (Lipinski definition) is 4. The minimum atomic E-state index is -0.0382. The van der Waals surface area contributed by atoms with Crippen molar-refractivity contribution in [3.05, 3.63) is 58.4 Å². The van der Waals surface area contributed by atoms with Gasteiger partial charge in [0.1, 0.15) is 5.76 Å². The number of amides is 2. The van der Waals surface area contributed by atoms with Gasteiger partial charge in [0.05, 0.1) is 6.26 Å². The molecule has 2 bridgehead atoms. The SMILES string of the molecule is O=C(CCC(=O)N1C[C@@H]2C[C@@H](C1)c1cccc(=O)n1C2)N[C@@H]1CCC[C@@H]1Cc1ccco1. The molecule has 7 nitrogen and oxygen atoms in total. The fraction of sp³-hybridized carbons (Fsp3) is 0.560. The van der Waals surface area contributed by atoms with Crippen molar-refractivity contribution in [2.45, 2.75) is 63.5 Å². The number of nitrogens with one attached hydrogen (secondary N) is 1. The van der Waals surface area contributed by atoms with Crippen LogP contribution in [0, 0.1) is 11.8 Å². The van der Waals surface area contributed by atoms with Crippen LogP contribution in [0.5, 0.6) is 0 Å². The molecule has 1 saturated heterocycles. The molecule has 4 heterocycles. The van der Waals surface area contributed by atoms with Crippen LogP contribution in [0.1, 0.15) is 55.9 Å². The molecule has 1 aliphatic carbocycles. The molecule has 32 heavy (non-hydrogen) atoms. The highest BCUT2D eigenvalue weighted by molar-refractivity contribution is 5.84. The predicted octanol–water partition coefficient (Wildman–Crippen LogP) is 2.69. The van der Waals surface area contributed by atoms with Gasteiger partial charge in [0.25, 0.3) is 5.56 Å². The van der Waals surface area contributed by atoms with E-state index in [0.717, 1.165) is 43.6 Å². The maximum absolute atomic E-state index is 12.9. The molecule has 1 N–H and O–H groups in total. The van der Waals surface area contributed by atoms with Gasteiger partial charge in [0, 0.05) is 62.6 Å². The maximum Gasteiger partial charge on any atom is 0.250 e. The zero-order valence-corrected chi connectivity index (χ0v) is 18.4. The van der Waals surface area contributed by atoms with E-state index >= 15 is 0 Å². The second-order valence-corrected chi connectivity index (χ2v) is 9.65. The first-order valence-electron chi connectivity index (χ1n) is 11.9. The molecule has 2 aromatic heterocycles. The van der Waals surface area contributed by atoms with Crippen molar-refractivity contribution in [3.63, 3.8) is 0 Å². The Hall–Kier alpha value is -2.83. The van der Waals surface area contributed by atoms with Crippen LogP contribution in [-0.2, 0) is 22.6 Å². The fourth-order valence-corrected chi connectivity index (χ4v) is 5.92. The summed E-state index contributed by atoms with van der Waals surface area (Å²) in [7, 11) is 0. The zero-order valence-electron chi connectivity index (χ0n) is 18.4. The molecule has 2 amide bonds. The molecule has 4 atom stereocenters. The van der Waals surface area contributed by atoms with Crippen LogP contribution in [0.4, 0.5) is 0 Å². The zero-order chi connectivity index (χ0) is 22.1. The van der Waals surface area contributed by atoms with Crippen LogP contribution in [0.25, 0.3) is 0 Å². The smallest absolute Gasteiger partial charge is 0.250 e. The fourth-order valence-electron chi connectivity index (χ4n) is 5.92. The Morgan fingerprint density at radius 3 is 2.81 bits per heavy atom. The molecule has 0 aromatic carbocycles. The van der Waals surface area contributed by atoms with Crippen molar-refractivity contribution in [1.82, 2.24) is 14.8 Å². The number of likely N-dealkylation sites (tertiary alicyclic amines) is 1. The highest BCUT2D eigenvalue weighted by atomic mass is 16.3. The van der Waals surface area contributed by atoms with Crippen LogP contribution in [0.2, 0.25) is 0 Å². The Morgan fingerprint density at radius 2 is 1.97 bits per heavy atom. The van der Waals surface area contributed by atoms with E-state index in [2.05, 4.69) is 5.32 Å². The summed E-state index contributed by atoms with van der Waals surface area (Å²) in [5.41, 5.74) is 1.08. The topological polar surface area (TPSA) is 84.5 Å². The van der Waals surface area contributed by atoms with Crippen LogP contribution in [-0.4, -0.2) is 40.4 Å². The summed E-state index contributed by atoms with van der Waals surface area (Å²) in [5.74, 6) is 1.87. The first-order chi connectivity index (χ1) is 15.6. The Morgan fingerprint density at radius 1 is 1.06 bits per heavy atom. The molecule has 0 spiro atoms. The van der Waals surface area contributed by atoms with Gasteiger partial charge in [-0.25, -0.2) is 0 Å². The molecule has 5 rings (SSSR count). The van der Waals surface area contributed by atoms with E-state index in [-0.39, 0.29) is 42.2 Å². The average molecular weight is 438 g/mol. The van der Waals surface area contributed by atoms with Crippen LogP contribution in [0.3, 0.4) is 0 Å². The average Bonchev–Trinajstić information content (AvgIpc) is 3.45. The monoisotopic (exact) mass is 437 g/mol. The Balaban J connectivity index is 1.13. The molecular formula is C25H31N3O4. The minimum absolute atomic E-state index is 0.0382. The molecule has 7 heteroatoms. The predicted molar refractivity (Wildman–Crippen MR) is 119 cm³/mol. The van der Waals surface area contributed by atoms with Gasteiger partial charge in [-0.05, 0) is 49.3 Å². The molecule has 1 saturated carbocycles. The molecule has 2 aromatic rings. The lowest BCUT2D eigenvalue weighted by Crippen LogP contribution is -2.49. The number of hydrogen-bond donors (Lipinski definition) is 1.